The molecule has 0 saturated carbocycles. The number of hydrogen-bond acceptors (Lipinski definition) is 4. The number of phenols is 1. The van der Waals surface area contributed by atoms with Gasteiger partial charge in [-0.1, -0.05) is 25.2 Å². The molecule has 0 heterocycles. The second-order valence-electron chi connectivity index (χ2n) is 7.57. The van der Waals surface area contributed by atoms with E-state index < -0.39 is 11.4 Å². The Balaban J connectivity index is 3.20. The molecule has 1 aromatic rings. The Labute approximate surface area is 168 Å². The third-order valence-electron chi connectivity index (χ3n) is 3.99. The molecule has 1 rings (SSSR count). The van der Waals surface area contributed by atoms with Crippen LogP contribution in [0.2, 0.25) is 0 Å². The summed E-state index contributed by atoms with van der Waals surface area (Å²) in [5, 5.41) is 23.2. The number of aliphatic hydroxyl groups is 1. The lowest BCUT2D eigenvalue weighted by Crippen LogP contribution is -2.33. The predicted octanol–water partition coefficient (Wildman–Crippen LogP) is 4.81. The summed E-state index contributed by atoms with van der Waals surface area (Å²) >= 11 is 0. The van der Waals surface area contributed by atoms with Crippen molar-refractivity contribution < 1.29 is 14.6 Å². The smallest absolute Gasteiger partial charge is 0.136 e. The standard InChI is InChI=1S/C23H33FN2O2/c1-7-8-9-10-17(3)22(21-19(24)13-16(2)14-20(21)27)25-12-11-18(4)26-15-23(5,6)28/h8-11,13-14,26-28H,7,12,15H2,1-6H3/b9-8-,17-10+,18-11+,25-22?. The van der Waals surface area contributed by atoms with Crippen LogP contribution in [0.15, 0.2) is 52.7 Å². The Morgan fingerprint density at radius 1 is 1.29 bits per heavy atom. The maximum atomic E-state index is 14.6. The molecule has 0 saturated heterocycles. The van der Waals surface area contributed by atoms with E-state index in [9.17, 15) is 14.6 Å². The molecule has 0 unspecified atom stereocenters. The Kier molecular flexibility index (Phi) is 9.13. The van der Waals surface area contributed by atoms with Crippen molar-refractivity contribution in [3.05, 3.63) is 64.7 Å². The van der Waals surface area contributed by atoms with Crippen LogP contribution in [0.5, 0.6) is 5.75 Å². The van der Waals surface area contributed by atoms with Crippen molar-refractivity contribution in [2.45, 2.75) is 53.6 Å². The molecule has 0 atom stereocenters. The SMILES string of the molecule is CC/C=C\C=C(/C)C(=NC/C=C(\C)NCC(C)(C)O)c1c(O)cc(C)cc1F. The number of aryl methyl sites for hydroxylation is 1. The van der Waals surface area contributed by atoms with Crippen LogP contribution in [-0.2, 0) is 0 Å². The fourth-order valence-electron chi connectivity index (χ4n) is 2.49. The predicted molar refractivity (Wildman–Crippen MR) is 115 cm³/mol. The summed E-state index contributed by atoms with van der Waals surface area (Å²) in [5.74, 6) is -0.617. The largest absolute Gasteiger partial charge is 0.507 e. The summed E-state index contributed by atoms with van der Waals surface area (Å²) in [6.45, 7) is 11.7. The van der Waals surface area contributed by atoms with Gasteiger partial charge in [0.05, 0.1) is 23.4 Å². The highest BCUT2D eigenvalue weighted by molar-refractivity contribution is 6.14. The molecule has 0 radical (unpaired) electrons. The van der Waals surface area contributed by atoms with Gasteiger partial charge in [0, 0.05) is 12.2 Å². The zero-order valence-corrected chi connectivity index (χ0v) is 17.8. The van der Waals surface area contributed by atoms with Crippen molar-refractivity contribution in [2.24, 2.45) is 4.99 Å². The molecule has 0 aromatic heterocycles. The average molecular weight is 389 g/mol. The maximum absolute atomic E-state index is 14.6. The maximum Gasteiger partial charge on any atom is 0.136 e. The second kappa shape index (κ2) is 10.8. The summed E-state index contributed by atoms with van der Waals surface area (Å²) < 4.78 is 14.6. The molecule has 154 valence electrons. The van der Waals surface area contributed by atoms with Crippen LogP contribution in [0.4, 0.5) is 4.39 Å². The van der Waals surface area contributed by atoms with E-state index in [4.69, 9.17) is 0 Å². The van der Waals surface area contributed by atoms with Crippen LogP contribution >= 0.6 is 0 Å². The molecule has 1 aromatic carbocycles. The van der Waals surface area contributed by atoms with Gasteiger partial charge in [-0.25, -0.2) is 4.39 Å². The van der Waals surface area contributed by atoms with Gasteiger partial charge < -0.3 is 15.5 Å². The third-order valence-corrected chi connectivity index (χ3v) is 3.99. The number of aromatic hydroxyl groups is 1. The Morgan fingerprint density at radius 3 is 2.54 bits per heavy atom. The highest BCUT2D eigenvalue weighted by Gasteiger charge is 2.17. The van der Waals surface area contributed by atoms with Gasteiger partial charge in [-0.2, -0.15) is 0 Å². The lowest BCUT2D eigenvalue weighted by atomic mass is 9.99. The van der Waals surface area contributed by atoms with Crippen molar-refractivity contribution >= 4 is 5.71 Å². The molecule has 3 N–H and O–H groups in total. The summed E-state index contributed by atoms with van der Waals surface area (Å²) in [4.78, 5) is 4.54. The fraction of sp³-hybridized carbons (Fsp3) is 0.435. The molecule has 0 amide bonds. The van der Waals surface area contributed by atoms with Crippen LogP contribution in [0, 0.1) is 12.7 Å². The van der Waals surface area contributed by atoms with Crippen LogP contribution in [0.25, 0.3) is 0 Å². The third kappa shape index (κ3) is 8.09. The Bertz CT molecular complexity index is 761. The minimum Gasteiger partial charge on any atom is -0.507 e. The van der Waals surface area contributed by atoms with Crippen molar-refractivity contribution in [3.63, 3.8) is 0 Å². The number of nitrogens with zero attached hydrogens (tertiary/aromatic N) is 1. The van der Waals surface area contributed by atoms with Crippen LogP contribution in [0.1, 0.15) is 52.2 Å². The molecule has 5 heteroatoms. The minimum atomic E-state index is -0.814. The number of halogens is 1. The Morgan fingerprint density at radius 2 is 1.96 bits per heavy atom. The van der Waals surface area contributed by atoms with Crippen LogP contribution in [-0.4, -0.2) is 34.6 Å². The molecule has 0 aliphatic carbocycles. The minimum absolute atomic E-state index is 0.111. The van der Waals surface area contributed by atoms with E-state index in [-0.39, 0.29) is 11.3 Å². The van der Waals surface area contributed by atoms with E-state index in [1.165, 1.54) is 12.1 Å². The molecule has 0 aliphatic rings. The van der Waals surface area contributed by atoms with E-state index in [1.807, 2.05) is 45.1 Å². The fourth-order valence-corrected chi connectivity index (χ4v) is 2.49. The first-order chi connectivity index (χ1) is 13.0. The zero-order valence-electron chi connectivity index (χ0n) is 17.8. The van der Waals surface area contributed by atoms with Crippen molar-refractivity contribution in [3.8, 4) is 5.75 Å². The van der Waals surface area contributed by atoms with Crippen molar-refractivity contribution in [1.29, 1.82) is 0 Å². The van der Waals surface area contributed by atoms with Gasteiger partial charge in [-0.05, 0) is 70.4 Å². The van der Waals surface area contributed by atoms with E-state index in [2.05, 4.69) is 10.3 Å². The normalized spacial score (nSPS) is 14.1. The Hall–Kier alpha value is -2.40. The van der Waals surface area contributed by atoms with E-state index >= 15 is 0 Å². The van der Waals surface area contributed by atoms with Gasteiger partial charge in [0.15, 0.2) is 0 Å². The first-order valence-corrected chi connectivity index (χ1v) is 9.56. The summed E-state index contributed by atoms with van der Waals surface area (Å²) in [6.07, 6.45) is 8.53. The van der Waals surface area contributed by atoms with E-state index in [1.54, 1.807) is 20.8 Å². The van der Waals surface area contributed by atoms with Crippen molar-refractivity contribution in [2.75, 3.05) is 13.1 Å². The number of allylic oxidation sites excluding steroid dienone is 5. The highest BCUT2D eigenvalue weighted by atomic mass is 19.1. The molecule has 28 heavy (non-hydrogen) atoms. The van der Waals surface area contributed by atoms with E-state index in [0.717, 1.165) is 17.7 Å². The molecular weight excluding hydrogens is 355 g/mol. The number of benzene rings is 1. The molecule has 0 bridgehead atoms. The topological polar surface area (TPSA) is 64.9 Å². The molecule has 0 fully saturated rings. The average Bonchev–Trinajstić information content (AvgIpc) is 2.57. The summed E-state index contributed by atoms with van der Waals surface area (Å²) in [7, 11) is 0. The molecular formula is C23H33FN2O2. The van der Waals surface area contributed by atoms with Gasteiger partial charge in [0.2, 0.25) is 0 Å². The monoisotopic (exact) mass is 388 g/mol. The first kappa shape index (κ1) is 23.6. The van der Waals surface area contributed by atoms with Crippen molar-refractivity contribution in [1.82, 2.24) is 5.32 Å². The lowest BCUT2D eigenvalue weighted by molar-refractivity contribution is 0.0826. The zero-order chi connectivity index (χ0) is 21.3. The number of nitrogens with one attached hydrogen (secondary N) is 1. The number of phenolic OH excluding ortho intramolecular Hbond substituents is 1. The summed E-state index contributed by atoms with van der Waals surface area (Å²) in [5.41, 5.74) is 1.99. The highest BCUT2D eigenvalue weighted by Crippen LogP contribution is 2.26. The first-order valence-electron chi connectivity index (χ1n) is 9.56. The van der Waals surface area contributed by atoms with Gasteiger partial charge in [0.25, 0.3) is 0 Å². The number of rotatable bonds is 9. The van der Waals surface area contributed by atoms with Gasteiger partial charge in [-0.3, -0.25) is 4.99 Å². The molecule has 0 spiro atoms. The number of hydrogen-bond donors (Lipinski definition) is 3. The van der Waals surface area contributed by atoms with Crippen LogP contribution in [0.3, 0.4) is 0 Å². The lowest BCUT2D eigenvalue weighted by Gasteiger charge is -2.18. The van der Waals surface area contributed by atoms with E-state index in [0.29, 0.717) is 24.4 Å². The van der Waals surface area contributed by atoms with Gasteiger partial charge in [-0.15, -0.1) is 0 Å². The quantitative estimate of drug-likeness (QED) is 0.420. The van der Waals surface area contributed by atoms with Crippen LogP contribution < -0.4 is 5.32 Å². The number of aliphatic imine (C=N–C) groups is 1. The molecule has 0 aliphatic heterocycles. The molecule has 4 nitrogen and oxygen atoms in total. The van der Waals surface area contributed by atoms with Gasteiger partial charge in [0.1, 0.15) is 11.6 Å². The summed E-state index contributed by atoms with van der Waals surface area (Å²) in [6, 6.07) is 2.93. The van der Waals surface area contributed by atoms with Gasteiger partial charge >= 0.3 is 0 Å². The second-order valence-corrected chi connectivity index (χ2v) is 7.57.